The van der Waals surface area contributed by atoms with Gasteiger partial charge in [0, 0.05) is 22.7 Å². The second kappa shape index (κ2) is 10.5. The topological polar surface area (TPSA) is 92.1 Å². The molecule has 2 aliphatic rings. The first-order valence-electron chi connectivity index (χ1n) is 11.3. The fourth-order valence-electron chi connectivity index (χ4n) is 4.32. The molecule has 0 spiro atoms. The molecule has 0 radical (unpaired) electrons. The normalized spacial score (nSPS) is 14.8. The summed E-state index contributed by atoms with van der Waals surface area (Å²) in [5.41, 5.74) is 4.43. The van der Waals surface area contributed by atoms with E-state index in [9.17, 15) is 14.9 Å². The van der Waals surface area contributed by atoms with Crippen LogP contribution in [0.1, 0.15) is 76.6 Å². The molecule has 0 fully saturated rings. The molecule has 6 nitrogen and oxygen atoms in total. The van der Waals surface area contributed by atoms with Crippen LogP contribution in [0, 0.1) is 11.3 Å². The molecule has 2 aromatic rings. The number of hydrogen-bond acceptors (Lipinski definition) is 7. The average Bonchev–Trinajstić information content (AvgIpc) is 3.30. The van der Waals surface area contributed by atoms with Gasteiger partial charge in [-0.1, -0.05) is 6.42 Å². The third kappa shape index (κ3) is 5.00. The van der Waals surface area contributed by atoms with Gasteiger partial charge in [0.2, 0.25) is 5.91 Å². The zero-order valence-electron chi connectivity index (χ0n) is 18.3. The molecule has 0 saturated heterocycles. The van der Waals surface area contributed by atoms with Crippen molar-refractivity contribution < 1.29 is 14.3 Å². The van der Waals surface area contributed by atoms with Crippen molar-refractivity contribution in [3.05, 3.63) is 38.9 Å². The Morgan fingerprint density at radius 3 is 2.88 bits per heavy atom. The molecule has 1 amide bonds. The monoisotopic (exact) mass is 469 g/mol. The molecule has 32 heavy (non-hydrogen) atoms. The van der Waals surface area contributed by atoms with E-state index in [1.165, 1.54) is 33.5 Å². The number of nitrogens with one attached hydrogen (secondary N) is 1. The first-order chi connectivity index (χ1) is 15.6. The highest BCUT2D eigenvalue weighted by molar-refractivity contribution is 7.99. The summed E-state index contributed by atoms with van der Waals surface area (Å²) >= 11 is 2.95. The van der Waals surface area contributed by atoms with Gasteiger partial charge in [-0.25, -0.2) is 9.78 Å². The minimum Gasteiger partial charge on any atom is -0.462 e. The number of carbonyl (C=O) groups is 2. The summed E-state index contributed by atoms with van der Waals surface area (Å²) in [7, 11) is 0. The van der Waals surface area contributed by atoms with E-state index in [1.807, 2.05) is 6.07 Å². The molecule has 0 bridgehead atoms. The third-order valence-electron chi connectivity index (χ3n) is 5.86. The van der Waals surface area contributed by atoms with Crippen LogP contribution >= 0.6 is 23.1 Å². The van der Waals surface area contributed by atoms with Crippen LogP contribution in [0.4, 0.5) is 5.00 Å². The van der Waals surface area contributed by atoms with Crippen molar-refractivity contribution in [1.29, 1.82) is 5.26 Å². The van der Waals surface area contributed by atoms with E-state index in [4.69, 9.17) is 4.74 Å². The molecule has 2 aliphatic carbocycles. The van der Waals surface area contributed by atoms with Crippen molar-refractivity contribution in [3.8, 4) is 6.07 Å². The maximum absolute atomic E-state index is 12.7. The van der Waals surface area contributed by atoms with Crippen LogP contribution in [0.3, 0.4) is 0 Å². The molecule has 2 aromatic heterocycles. The van der Waals surface area contributed by atoms with E-state index < -0.39 is 0 Å². The van der Waals surface area contributed by atoms with Crippen LogP contribution in [0.5, 0.6) is 0 Å². The number of thioether (sulfide) groups is 1. The number of anilines is 1. The van der Waals surface area contributed by atoms with Crippen LogP contribution in [0.15, 0.2) is 11.1 Å². The first-order valence-corrected chi connectivity index (χ1v) is 13.1. The number of ether oxygens (including phenoxy) is 1. The number of aromatic nitrogens is 1. The Hall–Kier alpha value is -2.37. The predicted octanol–water partition coefficient (Wildman–Crippen LogP) is 5.07. The number of amides is 1. The standard InChI is InChI=1S/C24H27N3O3S2/c1-2-30-24(29)21-17-8-4-3-5-10-19(17)32-23(21)27-20(28)11-12-31-22-16(14-25)13-15-7-6-9-18(15)26-22/h13H,2-12H2,1H3,(H,27,28). The van der Waals surface area contributed by atoms with Gasteiger partial charge in [0.05, 0.1) is 17.7 Å². The Bertz CT molecular complexity index is 1070. The lowest BCUT2D eigenvalue weighted by Gasteiger charge is -2.09. The number of aryl methyl sites for hydroxylation is 3. The summed E-state index contributed by atoms with van der Waals surface area (Å²) in [6.07, 6.45) is 8.41. The summed E-state index contributed by atoms with van der Waals surface area (Å²) in [6.45, 7) is 2.10. The van der Waals surface area contributed by atoms with E-state index in [1.54, 1.807) is 6.92 Å². The van der Waals surface area contributed by atoms with Gasteiger partial charge in [0.15, 0.2) is 0 Å². The number of fused-ring (bicyclic) bond motifs is 2. The molecule has 0 unspecified atom stereocenters. The molecular weight excluding hydrogens is 442 g/mol. The average molecular weight is 470 g/mol. The number of nitrogens with zero attached hydrogens (tertiary/aromatic N) is 2. The van der Waals surface area contributed by atoms with Gasteiger partial charge in [-0.2, -0.15) is 5.26 Å². The molecule has 0 saturated carbocycles. The highest BCUT2D eigenvalue weighted by Gasteiger charge is 2.26. The number of rotatable bonds is 7. The van der Waals surface area contributed by atoms with E-state index in [2.05, 4.69) is 16.4 Å². The largest absolute Gasteiger partial charge is 0.462 e. The van der Waals surface area contributed by atoms with Gasteiger partial charge in [-0.15, -0.1) is 23.1 Å². The fraction of sp³-hybridized carbons (Fsp3) is 0.500. The predicted molar refractivity (Wildman–Crippen MR) is 126 cm³/mol. The molecular formula is C24H27N3O3S2. The van der Waals surface area contributed by atoms with Crippen molar-refractivity contribution in [1.82, 2.24) is 4.98 Å². The van der Waals surface area contributed by atoms with Crippen LogP contribution in [0.2, 0.25) is 0 Å². The Morgan fingerprint density at radius 2 is 2.06 bits per heavy atom. The van der Waals surface area contributed by atoms with Crippen LogP contribution in [-0.2, 0) is 35.2 Å². The molecule has 1 N–H and O–H groups in total. The second-order valence-electron chi connectivity index (χ2n) is 8.05. The summed E-state index contributed by atoms with van der Waals surface area (Å²) in [6, 6.07) is 4.18. The van der Waals surface area contributed by atoms with E-state index in [0.717, 1.165) is 62.6 Å². The quantitative estimate of drug-likeness (QED) is 0.346. The van der Waals surface area contributed by atoms with Crippen LogP contribution < -0.4 is 5.32 Å². The summed E-state index contributed by atoms with van der Waals surface area (Å²) < 4.78 is 5.29. The molecule has 2 heterocycles. The van der Waals surface area contributed by atoms with E-state index in [0.29, 0.717) is 33.5 Å². The number of esters is 1. The minimum absolute atomic E-state index is 0.140. The Morgan fingerprint density at radius 1 is 1.22 bits per heavy atom. The zero-order chi connectivity index (χ0) is 22.5. The maximum Gasteiger partial charge on any atom is 0.341 e. The number of pyridine rings is 1. The zero-order valence-corrected chi connectivity index (χ0v) is 19.9. The molecule has 168 valence electrons. The second-order valence-corrected chi connectivity index (χ2v) is 10.2. The van der Waals surface area contributed by atoms with E-state index >= 15 is 0 Å². The number of hydrogen-bond donors (Lipinski definition) is 1. The van der Waals surface area contributed by atoms with Gasteiger partial charge in [0.25, 0.3) is 0 Å². The summed E-state index contributed by atoms with van der Waals surface area (Å²) in [5.74, 6) is 0.0308. The highest BCUT2D eigenvalue weighted by Crippen LogP contribution is 2.38. The number of nitriles is 1. The van der Waals surface area contributed by atoms with Gasteiger partial charge >= 0.3 is 5.97 Å². The SMILES string of the molecule is CCOC(=O)c1c(NC(=O)CCSc2nc3c(cc2C#N)CCC3)sc2c1CCCCC2. The van der Waals surface area contributed by atoms with Gasteiger partial charge in [-0.3, -0.25) is 4.79 Å². The molecule has 4 rings (SSSR count). The summed E-state index contributed by atoms with van der Waals surface area (Å²) in [5, 5.41) is 13.7. The molecule has 0 atom stereocenters. The first kappa shape index (κ1) is 22.8. The number of thiophene rings is 1. The summed E-state index contributed by atoms with van der Waals surface area (Å²) in [4.78, 5) is 31.2. The smallest absolute Gasteiger partial charge is 0.341 e. The van der Waals surface area contributed by atoms with Crippen LogP contribution in [0.25, 0.3) is 0 Å². The van der Waals surface area contributed by atoms with Gasteiger partial charge < -0.3 is 10.1 Å². The molecule has 0 aliphatic heterocycles. The van der Waals surface area contributed by atoms with Gasteiger partial charge in [0.1, 0.15) is 16.1 Å². The third-order valence-corrected chi connectivity index (χ3v) is 8.06. The minimum atomic E-state index is -0.349. The van der Waals surface area contributed by atoms with E-state index in [-0.39, 0.29) is 18.3 Å². The van der Waals surface area contributed by atoms with Crippen molar-refractivity contribution in [2.45, 2.75) is 69.7 Å². The van der Waals surface area contributed by atoms with Crippen LogP contribution in [-0.4, -0.2) is 29.2 Å². The Kier molecular flexibility index (Phi) is 7.48. The maximum atomic E-state index is 12.7. The lowest BCUT2D eigenvalue weighted by molar-refractivity contribution is -0.115. The van der Waals surface area contributed by atoms with Gasteiger partial charge in [-0.05, 0) is 69.1 Å². The van der Waals surface area contributed by atoms with Crippen molar-refractivity contribution in [3.63, 3.8) is 0 Å². The van der Waals surface area contributed by atoms with Crippen molar-refractivity contribution >= 4 is 40.0 Å². The number of carbonyl (C=O) groups excluding carboxylic acids is 2. The highest BCUT2D eigenvalue weighted by atomic mass is 32.2. The lowest BCUT2D eigenvalue weighted by atomic mass is 10.1. The molecule has 8 heteroatoms. The fourth-order valence-corrected chi connectivity index (χ4v) is 6.53. The molecule has 0 aromatic carbocycles. The van der Waals surface area contributed by atoms with Crippen molar-refractivity contribution in [2.75, 3.05) is 17.7 Å². The lowest BCUT2D eigenvalue weighted by Crippen LogP contribution is -2.15. The Balaban J connectivity index is 1.42. The van der Waals surface area contributed by atoms with Crippen molar-refractivity contribution in [2.24, 2.45) is 0 Å². The Labute approximate surface area is 196 Å².